The van der Waals surface area contributed by atoms with E-state index < -0.39 is 11.2 Å². The SMILES string of the molecule is C/C=C/Cn1c(NN=Cc2ccc(Cl)cc2)nc2c1c(=O)[nH]c(=O)n2C. The number of allylic oxidation sites excluding steroid dienone is 2. The summed E-state index contributed by atoms with van der Waals surface area (Å²) in [5.74, 6) is 0.356. The number of hydrazone groups is 1. The molecule has 0 amide bonds. The summed E-state index contributed by atoms with van der Waals surface area (Å²) in [5, 5.41) is 4.80. The van der Waals surface area contributed by atoms with E-state index in [-0.39, 0.29) is 5.65 Å². The Labute approximate surface area is 153 Å². The van der Waals surface area contributed by atoms with Gasteiger partial charge in [-0.2, -0.15) is 10.1 Å². The lowest BCUT2D eigenvalue weighted by atomic mass is 10.2. The van der Waals surface area contributed by atoms with Crippen LogP contribution in [-0.4, -0.2) is 25.3 Å². The Morgan fingerprint density at radius 2 is 2.04 bits per heavy atom. The maximum absolute atomic E-state index is 12.2. The van der Waals surface area contributed by atoms with Crippen molar-refractivity contribution >= 4 is 34.9 Å². The third-order valence-electron chi connectivity index (χ3n) is 3.78. The standard InChI is InChI=1S/C17H17ClN6O2/c1-3-4-9-24-13-14(23(2)17(26)21-15(13)25)20-16(24)22-19-10-11-5-7-12(18)8-6-11/h3-8,10H,9H2,1-2H3,(H,20,22)(H,21,25,26)/b4-3+,19-10?. The molecule has 134 valence electrons. The molecule has 3 aromatic rings. The summed E-state index contributed by atoms with van der Waals surface area (Å²) in [4.78, 5) is 30.7. The zero-order chi connectivity index (χ0) is 18.7. The van der Waals surface area contributed by atoms with Gasteiger partial charge in [0.1, 0.15) is 0 Å². The van der Waals surface area contributed by atoms with Gasteiger partial charge >= 0.3 is 5.69 Å². The minimum Gasteiger partial charge on any atom is -0.299 e. The van der Waals surface area contributed by atoms with Gasteiger partial charge < -0.3 is 0 Å². The zero-order valence-electron chi connectivity index (χ0n) is 14.2. The van der Waals surface area contributed by atoms with E-state index in [0.717, 1.165) is 5.56 Å². The Balaban J connectivity index is 2.02. The predicted molar refractivity (Wildman–Crippen MR) is 103 cm³/mol. The monoisotopic (exact) mass is 372 g/mol. The molecule has 0 unspecified atom stereocenters. The van der Waals surface area contributed by atoms with Gasteiger partial charge in [-0.25, -0.2) is 10.2 Å². The van der Waals surface area contributed by atoms with Crippen LogP contribution < -0.4 is 16.7 Å². The smallest absolute Gasteiger partial charge is 0.299 e. The fraction of sp³-hybridized carbons (Fsp3) is 0.176. The van der Waals surface area contributed by atoms with Crippen LogP contribution in [0.15, 0.2) is 51.1 Å². The number of aromatic amines is 1. The molecule has 1 aromatic carbocycles. The van der Waals surface area contributed by atoms with Gasteiger partial charge in [0, 0.05) is 18.6 Å². The lowest BCUT2D eigenvalue weighted by Crippen LogP contribution is -2.29. The molecule has 0 aliphatic heterocycles. The van der Waals surface area contributed by atoms with Gasteiger partial charge in [0.15, 0.2) is 11.2 Å². The van der Waals surface area contributed by atoms with Crippen molar-refractivity contribution in [3.05, 3.63) is 67.8 Å². The molecule has 3 rings (SSSR count). The van der Waals surface area contributed by atoms with Gasteiger partial charge in [0.2, 0.25) is 5.95 Å². The first-order chi connectivity index (χ1) is 12.5. The van der Waals surface area contributed by atoms with Crippen molar-refractivity contribution in [2.24, 2.45) is 12.1 Å². The Morgan fingerprint density at radius 3 is 2.73 bits per heavy atom. The number of hydrogen-bond acceptors (Lipinski definition) is 5. The molecular weight excluding hydrogens is 356 g/mol. The Morgan fingerprint density at radius 1 is 1.31 bits per heavy atom. The molecular formula is C17H17ClN6O2. The van der Waals surface area contributed by atoms with Crippen LogP contribution in [0.4, 0.5) is 5.95 Å². The van der Waals surface area contributed by atoms with Crippen LogP contribution in [0.5, 0.6) is 0 Å². The van der Waals surface area contributed by atoms with Crippen molar-refractivity contribution in [1.29, 1.82) is 0 Å². The molecule has 0 bridgehead atoms. The van der Waals surface area contributed by atoms with Crippen LogP contribution in [0.2, 0.25) is 5.02 Å². The van der Waals surface area contributed by atoms with E-state index in [1.54, 1.807) is 30.0 Å². The summed E-state index contributed by atoms with van der Waals surface area (Å²) in [6.07, 6.45) is 5.35. The number of H-pyrrole nitrogens is 1. The Bertz CT molecular complexity index is 1110. The molecule has 0 atom stereocenters. The highest BCUT2D eigenvalue weighted by molar-refractivity contribution is 6.30. The Hall–Kier alpha value is -3.13. The van der Waals surface area contributed by atoms with Crippen LogP contribution in [0.1, 0.15) is 12.5 Å². The first kappa shape index (κ1) is 17.7. The summed E-state index contributed by atoms with van der Waals surface area (Å²) >= 11 is 5.86. The number of fused-ring (bicyclic) bond motifs is 1. The fourth-order valence-corrected chi connectivity index (χ4v) is 2.55. The topological polar surface area (TPSA) is 97.1 Å². The highest BCUT2D eigenvalue weighted by atomic mass is 35.5. The van der Waals surface area contributed by atoms with E-state index in [4.69, 9.17) is 11.6 Å². The molecule has 0 fully saturated rings. The summed E-state index contributed by atoms with van der Waals surface area (Å²) in [6, 6.07) is 7.18. The van der Waals surface area contributed by atoms with Crippen LogP contribution in [0.25, 0.3) is 11.2 Å². The lowest BCUT2D eigenvalue weighted by Gasteiger charge is -2.04. The summed E-state index contributed by atoms with van der Waals surface area (Å²) < 4.78 is 2.95. The maximum atomic E-state index is 12.2. The Kier molecular flexibility index (Phi) is 5.04. The second-order valence-corrected chi connectivity index (χ2v) is 5.96. The maximum Gasteiger partial charge on any atom is 0.329 e. The third-order valence-corrected chi connectivity index (χ3v) is 4.03. The third kappa shape index (κ3) is 3.45. The van der Waals surface area contributed by atoms with Gasteiger partial charge in [0.25, 0.3) is 5.56 Å². The molecule has 2 heterocycles. The van der Waals surface area contributed by atoms with Gasteiger partial charge in [-0.15, -0.1) is 0 Å². The number of nitrogens with one attached hydrogen (secondary N) is 2. The average Bonchev–Trinajstić information content (AvgIpc) is 2.99. The van der Waals surface area contributed by atoms with E-state index in [0.29, 0.717) is 23.0 Å². The number of nitrogens with zero attached hydrogens (tertiary/aromatic N) is 4. The number of imidazole rings is 1. The van der Waals surface area contributed by atoms with E-state index in [2.05, 4.69) is 20.5 Å². The quantitative estimate of drug-likeness (QED) is 0.407. The zero-order valence-corrected chi connectivity index (χ0v) is 15.0. The van der Waals surface area contributed by atoms with Gasteiger partial charge in [-0.3, -0.25) is 18.9 Å². The second-order valence-electron chi connectivity index (χ2n) is 5.53. The predicted octanol–water partition coefficient (Wildman–Crippen LogP) is 2.10. The van der Waals surface area contributed by atoms with E-state index in [1.165, 1.54) is 4.57 Å². The molecule has 0 radical (unpaired) electrons. The van der Waals surface area contributed by atoms with Gasteiger partial charge in [-0.05, 0) is 24.6 Å². The van der Waals surface area contributed by atoms with Crippen LogP contribution in [-0.2, 0) is 13.6 Å². The number of rotatable bonds is 5. The van der Waals surface area contributed by atoms with Crippen LogP contribution in [0.3, 0.4) is 0 Å². The van der Waals surface area contributed by atoms with Crippen molar-refractivity contribution in [3.63, 3.8) is 0 Å². The lowest BCUT2D eigenvalue weighted by molar-refractivity contribution is 0.818. The summed E-state index contributed by atoms with van der Waals surface area (Å²) in [7, 11) is 1.55. The normalized spacial score (nSPS) is 11.8. The van der Waals surface area contributed by atoms with Crippen molar-refractivity contribution in [2.75, 3.05) is 5.43 Å². The minimum atomic E-state index is -0.519. The van der Waals surface area contributed by atoms with E-state index in [1.807, 2.05) is 31.2 Å². The molecule has 0 saturated carbocycles. The summed E-state index contributed by atoms with van der Waals surface area (Å²) in [5.41, 5.74) is 3.26. The van der Waals surface area contributed by atoms with Crippen molar-refractivity contribution in [1.82, 2.24) is 19.1 Å². The molecule has 9 heteroatoms. The van der Waals surface area contributed by atoms with E-state index in [9.17, 15) is 9.59 Å². The van der Waals surface area contributed by atoms with E-state index >= 15 is 0 Å². The highest BCUT2D eigenvalue weighted by Crippen LogP contribution is 2.15. The number of halogens is 1. The molecule has 8 nitrogen and oxygen atoms in total. The minimum absolute atomic E-state index is 0.285. The molecule has 2 N–H and O–H groups in total. The highest BCUT2D eigenvalue weighted by Gasteiger charge is 2.16. The van der Waals surface area contributed by atoms with Crippen molar-refractivity contribution in [3.8, 4) is 0 Å². The van der Waals surface area contributed by atoms with Crippen LogP contribution >= 0.6 is 11.6 Å². The van der Waals surface area contributed by atoms with Gasteiger partial charge in [-0.1, -0.05) is 35.9 Å². The van der Waals surface area contributed by atoms with Crippen molar-refractivity contribution < 1.29 is 0 Å². The molecule has 0 spiro atoms. The molecule has 0 aliphatic rings. The number of benzene rings is 1. The number of hydrogen-bond donors (Lipinski definition) is 2. The van der Waals surface area contributed by atoms with Crippen molar-refractivity contribution in [2.45, 2.75) is 13.5 Å². The molecule has 0 aliphatic carbocycles. The molecule has 0 saturated heterocycles. The second kappa shape index (κ2) is 7.40. The first-order valence-electron chi connectivity index (χ1n) is 7.86. The fourth-order valence-electron chi connectivity index (χ4n) is 2.42. The average molecular weight is 373 g/mol. The first-order valence-corrected chi connectivity index (χ1v) is 8.24. The molecule has 2 aromatic heterocycles. The number of aromatic nitrogens is 4. The van der Waals surface area contributed by atoms with Gasteiger partial charge in [0.05, 0.1) is 6.21 Å². The summed E-state index contributed by atoms with van der Waals surface area (Å²) in [6.45, 7) is 2.29. The number of anilines is 1. The number of aryl methyl sites for hydroxylation is 1. The van der Waals surface area contributed by atoms with Crippen LogP contribution in [0, 0.1) is 0 Å². The molecule has 26 heavy (non-hydrogen) atoms. The largest absolute Gasteiger partial charge is 0.329 e.